The third-order valence-corrected chi connectivity index (χ3v) is 5.74. The minimum absolute atomic E-state index is 0. The number of urea groups is 1. The number of amides is 3. The number of carbonyl (C=O) groups is 2. The van der Waals surface area contributed by atoms with Crippen LogP contribution in [0, 0.1) is 0 Å². The fourth-order valence-electron chi connectivity index (χ4n) is 3.62. The molecule has 1 aliphatic rings. The molecule has 1 fully saturated rings. The molecule has 0 aromatic heterocycles. The molecule has 3 N–H and O–H groups in total. The molecule has 0 unspecified atom stereocenters. The number of halogens is 3. The SMILES string of the molecule is Cl.O=C(Nc1ccc(N(CCCl)CCCl)cc1)Nc1cccc(C(=O)NCCN2CCOCC2)c1. The van der Waals surface area contributed by atoms with Gasteiger partial charge in [0.25, 0.3) is 5.91 Å². The summed E-state index contributed by atoms with van der Waals surface area (Å²) in [5.41, 5.74) is 2.66. The first kappa shape index (κ1) is 29.0. The molecule has 3 rings (SSSR count). The van der Waals surface area contributed by atoms with Gasteiger partial charge in [0.1, 0.15) is 0 Å². The molecule has 11 heteroatoms. The highest BCUT2D eigenvalue weighted by Gasteiger charge is 2.12. The Balaban J connectivity index is 0.00000432. The van der Waals surface area contributed by atoms with Crippen molar-refractivity contribution in [2.45, 2.75) is 0 Å². The van der Waals surface area contributed by atoms with E-state index in [2.05, 4.69) is 25.8 Å². The summed E-state index contributed by atoms with van der Waals surface area (Å²) in [7, 11) is 0. The summed E-state index contributed by atoms with van der Waals surface area (Å²) in [5, 5.41) is 8.51. The topological polar surface area (TPSA) is 85.9 Å². The van der Waals surface area contributed by atoms with Crippen molar-refractivity contribution in [2.75, 3.05) is 79.8 Å². The molecule has 3 amide bonds. The van der Waals surface area contributed by atoms with Gasteiger partial charge in [-0.15, -0.1) is 35.6 Å². The van der Waals surface area contributed by atoms with Crippen molar-refractivity contribution in [3.63, 3.8) is 0 Å². The summed E-state index contributed by atoms with van der Waals surface area (Å²) < 4.78 is 5.33. The molecule has 0 radical (unpaired) electrons. The molecule has 1 aliphatic heterocycles. The molecule has 0 aliphatic carbocycles. The Kier molecular flexibility index (Phi) is 13.0. The van der Waals surface area contributed by atoms with Crippen LogP contribution in [-0.2, 0) is 4.74 Å². The highest BCUT2D eigenvalue weighted by molar-refractivity contribution is 6.18. The van der Waals surface area contributed by atoms with Gasteiger partial charge in [0.2, 0.25) is 0 Å². The molecule has 0 spiro atoms. The number of alkyl halides is 2. The lowest BCUT2D eigenvalue weighted by Gasteiger charge is -2.26. The fraction of sp³-hybridized carbons (Fsp3) is 0.417. The molecule has 192 valence electrons. The van der Waals surface area contributed by atoms with Gasteiger partial charge in [-0.2, -0.15) is 0 Å². The quantitative estimate of drug-likeness (QED) is 0.371. The maximum atomic E-state index is 12.5. The molecule has 0 atom stereocenters. The number of carbonyl (C=O) groups excluding carboxylic acids is 2. The van der Waals surface area contributed by atoms with Crippen LogP contribution in [0.2, 0.25) is 0 Å². The van der Waals surface area contributed by atoms with Gasteiger partial charge >= 0.3 is 6.03 Å². The van der Waals surface area contributed by atoms with Crippen LogP contribution in [0.5, 0.6) is 0 Å². The third kappa shape index (κ3) is 9.74. The number of morpholine rings is 1. The lowest BCUT2D eigenvalue weighted by atomic mass is 10.2. The molecule has 8 nitrogen and oxygen atoms in total. The zero-order chi connectivity index (χ0) is 24.2. The highest BCUT2D eigenvalue weighted by atomic mass is 35.5. The van der Waals surface area contributed by atoms with Crippen molar-refractivity contribution in [3.05, 3.63) is 54.1 Å². The zero-order valence-corrected chi connectivity index (χ0v) is 21.8. The predicted octanol–water partition coefficient (Wildman–Crippen LogP) is 4.10. The number of hydrogen-bond acceptors (Lipinski definition) is 5. The lowest BCUT2D eigenvalue weighted by molar-refractivity contribution is 0.0383. The van der Waals surface area contributed by atoms with E-state index in [9.17, 15) is 9.59 Å². The van der Waals surface area contributed by atoms with Crippen LogP contribution in [0.1, 0.15) is 10.4 Å². The summed E-state index contributed by atoms with van der Waals surface area (Å²) in [6.07, 6.45) is 0. The van der Waals surface area contributed by atoms with E-state index in [0.29, 0.717) is 48.3 Å². The van der Waals surface area contributed by atoms with E-state index >= 15 is 0 Å². The summed E-state index contributed by atoms with van der Waals surface area (Å²) in [6, 6.07) is 13.9. The van der Waals surface area contributed by atoms with Crippen LogP contribution < -0.4 is 20.9 Å². The third-order valence-electron chi connectivity index (χ3n) is 5.40. The Bertz CT molecular complexity index is 921. The van der Waals surface area contributed by atoms with E-state index in [4.69, 9.17) is 27.9 Å². The Morgan fingerprint density at radius 1 is 0.943 bits per heavy atom. The fourth-order valence-corrected chi connectivity index (χ4v) is 4.02. The maximum Gasteiger partial charge on any atom is 0.323 e. The van der Waals surface area contributed by atoms with Crippen molar-refractivity contribution in [3.8, 4) is 0 Å². The first-order valence-electron chi connectivity index (χ1n) is 11.3. The van der Waals surface area contributed by atoms with Crippen molar-refractivity contribution >= 4 is 64.6 Å². The van der Waals surface area contributed by atoms with Gasteiger partial charge in [0.05, 0.1) is 13.2 Å². The second-order valence-electron chi connectivity index (χ2n) is 7.78. The van der Waals surface area contributed by atoms with Gasteiger partial charge in [-0.3, -0.25) is 9.69 Å². The number of rotatable bonds is 11. The summed E-state index contributed by atoms with van der Waals surface area (Å²) in [4.78, 5) is 29.3. The first-order chi connectivity index (χ1) is 16.6. The molecule has 0 saturated carbocycles. The molecule has 0 bridgehead atoms. The van der Waals surface area contributed by atoms with Crippen LogP contribution >= 0.6 is 35.6 Å². The van der Waals surface area contributed by atoms with Gasteiger partial charge in [0, 0.05) is 73.7 Å². The minimum atomic E-state index is -0.393. The molecule has 1 heterocycles. The van der Waals surface area contributed by atoms with E-state index in [1.165, 1.54) is 0 Å². The molecular formula is C24H32Cl3N5O3. The summed E-state index contributed by atoms with van der Waals surface area (Å²) in [5.74, 6) is 0.834. The molecular weight excluding hydrogens is 513 g/mol. The van der Waals surface area contributed by atoms with Crippen molar-refractivity contribution in [1.82, 2.24) is 10.2 Å². The lowest BCUT2D eigenvalue weighted by Crippen LogP contribution is -2.41. The predicted molar refractivity (Wildman–Crippen MR) is 146 cm³/mol. The molecule has 2 aromatic carbocycles. The maximum absolute atomic E-state index is 12.5. The number of hydrogen-bond donors (Lipinski definition) is 3. The number of nitrogens with one attached hydrogen (secondary N) is 3. The van der Waals surface area contributed by atoms with Gasteiger partial charge in [-0.1, -0.05) is 6.07 Å². The smallest absolute Gasteiger partial charge is 0.323 e. The standard InChI is InChI=1S/C24H31Cl2N5O3.ClH/c25-8-11-31(12-9-26)22-6-4-20(5-7-22)28-24(33)29-21-3-1-2-19(18-21)23(32)27-10-13-30-14-16-34-17-15-30;/h1-7,18H,8-17H2,(H,27,32)(H2,28,29,33);1H. The Morgan fingerprint density at radius 3 is 2.26 bits per heavy atom. The van der Waals surface area contributed by atoms with Crippen molar-refractivity contribution in [1.29, 1.82) is 0 Å². The Labute approximate surface area is 222 Å². The Hall–Kier alpha value is -2.23. The molecule has 2 aromatic rings. The van der Waals surface area contributed by atoms with Crippen molar-refractivity contribution < 1.29 is 14.3 Å². The zero-order valence-electron chi connectivity index (χ0n) is 19.5. The summed E-state index contributed by atoms with van der Waals surface area (Å²) >= 11 is 11.7. The van der Waals surface area contributed by atoms with Gasteiger partial charge in [0.15, 0.2) is 0 Å². The van der Waals surface area contributed by atoms with Gasteiger partial charge in [-0.05, 0) is 42.5 Å². The number of anilines is 3. The number of benzene rings is 2. The average Bonchev–Trinajstić information content (AvgIpc) is 2.85. The molecule has 1 saturated heterocycles. The second-order valence-corrected chi connectivity index (χ2v) is 8.54. The number of nitrogens with zero attached hydrogens (tertiary/aromatic N) is 2. The van der Waals surface area contributed by atoms with Crippen LogP contribution in [-0.4, -0.2) is 81.1 Å². The van der Waals surface area contributed by atoms with Crippen LogP contribution in [0.15, 0.2) is 48.5 Å². The van der Waals surface area contributed by atoms with Crippen LogP contribution in [0.3, 0.4) is 0 Å². The van der Waals surface area contributed by atoms with E-state index in [0.717, 1.165) is 38.5 Å². The normalized spacial score (nSPS) is 13.4. The van der Waals surface area contributed by atoms with E-state index in [-0.39, 0.29) is 18.3 Å². The van der Waals surface area contributed by atoms with E-state index in [1.54, 1.807) is 24.3 Å². The highest BCUT2D eigenvalue weighted by Crippen LogP contribution is 2.19. The van der Waals surface area contributed by atoms with Crippen LogP contribution in [0.25, 0.3) is 0 Å². The van der Waals surface area contributed by atoms with Crippen molar-refractivity contribution in [2.24, 2.45) is 0 Å². The monoisotopic (exact) mass is 543 g/mol. The average molecular weight is 545 g/mol. The second kappa shape index (κ2) is 15.7. The van der Waals surface area contributed by atoms with Gasteiger partial charge < -0.3 is 25.6 Å². The van der Waals surface area contributed by atoms with E-state index < -0.39 is 6.03 Å². The van der Waals surface area contributed by atoms with Crippen LogP contribution in [0.4, 0.5) is 21.9 Å². The first-order valence-corrected chi connectivity index (χ1v) is 12.4. The van der Waals surface area contributed by atoms with E-state index in [1.807, 2.05) is 24.3 Å². The number of ether oxygens (including phenoxy) is 1. The molecule has 35 heavy (non-hydrogen) atoms. The largest absolute Gasteiger partial charge is 0.379 e. The summed E-state index contributed by atoms with van der Waals surface area (Å²) in [6.45, 7) is 5.95. The minimum Gasteiger partial charge on any atom is -0.379 e. The van der Waals surface area contributed by atoms with Gasteiger partial charge in [-0.25, -0.2) is 4.79 Å². The Morgan fingerprint density at radius 2 is 1.60 bits per heavy atom.